The van der Waals surface area contributed by atoms with Crippen molar-refractivity contribution in [1.82, 2.24) is 10.2 Å². The largest absolute Gasteiger partial charge is 0.355 e. The molecular weight excluding hydrogens is 610 g/mol. The van der Waals surface area contributed by atoms with E-state index < -0.39 is 28.5 Å². The van der Waals surface area contributed by atoms with E-state index >= 15 is 0 Å². The molecule has 7 nitrogen and oxygen atoms in total. The quantitative estimate of drug-likeness (QED) is 0.341. The summed E-state index contributed by atoms with van der Waals surface area (Å²) in [4.78, 5) is 27.9. The highest BCUT2D eigenvalue weighted by Gasteiger charge is 2.32. The molecule has 3 aromatic rings. The molecule has 1 unspecified atom stereocenters. The molecule has 0 spiro atoms. The molecule has 3 aromatic carbocycles. The Hall–Kier alpha value is -2.69. The van der Waals surface area contributed by atoms with Gasteiger partial charge in [0.2, 0.25) is 11.8 Å². The Kier molecular flexibility index (Phi) is 9.69. The van der Waals surface area contributed by atoms with E-state index in [1.807, 2.05) is 24.3 Å². The minimum Gasteiger partial charge on any atom is -0.355 e. The number of benzene rings is 3. The van der Waals surface area contributed by atoms with Crippen LogP contribution >= 0.6 is 31.9 Å². The first-order valence-electron chi connectivity index (χ1n) is 11.3. The first-order valence-corrected chi connectivity index (χ1v) is 14.3. The molecule has 190 valence electrons. The summed E-state index contributed by atoms with van der Waals surface area (Å²) in [5.41, 5.74) is 1.13. The summed E-state index contributed by atoms with van der Waals surface area (Å²) in [6.45, 7) is 3.50. The average Bonchev–Trinajstić information content (AvgIpc) is 2.86. The van der Waals surface area contributed by atoms with E-state index in [9.17, 15) is 18.0 Å². The zero-order chi connectivity index (χ0) is 26.3. The Morgan fingerprint density at radius 3 is 2.17 bits per heavy atom. The van der Waals surface area contributed by atoms with Gasteiger partial charge in [0.05, 0.1) is 10.6 Å². The monoisotopic (exact) mass is 635 g/mol. The molecule has 1 N–H and O–H groups in total. The maximum atomic E-state index is 13.7. The maximum absolute atomic E-state index is 13.7. The predicted octanol–water partition coefficient (Wildman–Crippen LogP) is 4.96. The number of sulfonamides is 1. The maximum Gasteiger partial charge on any atom is 0.264 e. The van der Waals surface area contributed by atoms with E-state index in [1.165, 1.54) is 17.0 Å². The second kappa shape index (κ2) is 12.5. The van der Waals surface area contributed by atoms with Gasteiger partial charge in [-0.3, -0.25) is 13.9 Å². The highest BCUT2D eigenvalue weighted by molar-refractivity contribution is 9.10. The van der Waals surface area contributed by atoms with Crippen molar-refractivity contribution in [2.24, 2.45) is 0 Å². The van der Waals surface area contributed by atoms with Crippen molar-refractivity contribution in [2.45, 2.75) is 31.3 Å². The second-order valence-electron chi connectivity index (χ2n) is 8.03. The summed E-state index contributed by atoms with van der Waals surface area (Å²) in [6.07, 6.45) is 0. The fraction of sp³-hybridized carbons (Fsp3) is 0.231. The summed E-state index contributed by atoms with van der Waals surface area (Å²) in [5, 5.41) is 2.75. The van der Waals surface area contributed by atoms with Gasteiger partial charge in [-0.1, -0.05) is 68.3 Å². The lowest BCUT2D eigenvalue weighted by Gasteiger charge is -2.32. The number of carbonyl (C=O) groups excluding carboxylic acids is 2. The molecule has 0 aliphatic rings. The lowest BCUT2D eigenvalue weighted by Crippen LogP contribution is -2.51. The first kappa shape index (κ1) is 27.9. The van der Waals surface area contributed by atoms with Crippen LogP contribution in [0.4, 0.5) is 5.69 Å². The van der Waals surface area contributed by atoms with Crippen molar-refractivity contribution < 1.29 is 18.0 Å². The van der Waals surface area contributed by atoms with Gasteiger partial charge in [-0.05, 0) is 61.9 Å². The molecule has 0 bridgehead atoms. The number of anilines is 1. The summed E-state index contributed by atoms with van der Waals surface area (Å²) in [7, 11) is -4.08. The van der Waals surface area contributed by atoms with Gasteiger partial charge in [-0.25, -0.2) is 8.42 Å². The van der Waals surface area contributed by atoms with Crippen molar-refractivity contribution in [1.29, 1.82) is 0 Å². The number of amides is 2. The van der Waals surface area contributed by atoms with Gasteiger partial charge in [0.15, 0.2) is 0 Å². The third kappa shape index (κ3) is 6.96. The topological polar surface area (TPSA) is 86.8 Å². The molecule has 0 saturated heterocycles. The Morgan fingerprint density at radius 1 is 0.917 bits per heavy atom. The summed E-state index contributed by atoms with van der Waals surface area (Å²) in [6, 6.07) is 21.3. The van der Waals surface area contributed by atoms with Gasteiger partial charge >= 0.3 is 0 Å². The second-order valence-corrected chi connectivity index (χ2v) is 11.7. The van der Waals surface area contributed by atoms with Gasteiger partial charge in [-0.2, -0.15) is 0 Å². The van der Waals surface area contributed by atoms with Gasteiger partial charge in [0.25, 0.3) is 10.0 Å². The van der Waals surface area contributed by atoms with E-state index in [-0.39, 0.29) is 17.3 Å². The van der Waals surface area contributed by atoms with Crippen LogP contribution in [0, 0.1) is 0 Å². The van der Waals surface area contributed by atoms with E-state index in [1.54, 1.807) is 56.3 Å². The molecule has 0 radical (unpaired) electrons. The van der Waals surface area contributed by atoms with Gasteiger partial charge in [0.1, 0.15) is 12.6 Å². The van der Waals surface area contributed by atoms with Crippen LogP contribution in [0.2, 0.25) is 0 Å². The molecule has 0 heterocycles. The van der Waals surface area contributed by atoms with Crippen LogP contribution in [0.15, 0.2) is 92.7 Å². The van der Waals surface area contributed by atoms with E-state index in [0.717, 1.165) is 14.3 Å². The smallest absolute Gasteiger partial charge is 0.264 e. The predicted molar refractivity (Wildman–Crippen MR) is 148 cm³/mol. The molecule has 2 amide bonds. The Morgan fingerprint density at radius 2 is 1.56 bits per heavy atom. The number of hydrogen-bond acceptors (Lipinski definition) is 4. The number of nitrogens with zero attached hydrogens (tertiary/aromatic N) is 2. The van der Waals surface area contributed by atoms with Gasteiger partial charge in [-0.15, -0.1) is 0 Å². The summed E-state index contributed by atoms with van der Waals surface area (Å²) < 4.78 is 29.9. The standard InChI is InChI=1S/C26H27Br2N3O4S/c1-3-29-26(33)19(2)30(17-20-9-7-10-21(27)15-20)25(32)18-31(23-12-8-11-22(28)16-23)36(34,35)24-13-5-4-6-14-24/h4-16,19H,3,17-18H2,1-2H3,(H,29,33). The normalized spacial score (nSPS) is 12.0. The molecular formula is C26H27Br2N3O4S. The molecule has 0 fully saturated rings. The number of halogens is 2. The van der Waals surface area contributed by atoms with Crippen LogP contribution in [0.3, 0.4) is 0 Å². The van der Waals surface area contributed by atoms with Crippen molar-refractivity contribution in [2.75, 3.05) is 17.4 Å². The summed E-state index contributed by atoms with van der Waals surface area (Å²) in [5.74, 6) is -0.825. The van der Waals surface area contributed by atoms with Crippen LogP contribution in [0.25, 0.3) is 0 Å². The first-order chi connectivity index (χ1) is 17.1. The van der Waals surface area contributed by atoms with Crippen molar-refractivity contribution >= 4 is 59.4 Å². The van der Waals surface area contributed by atoms with E-state index in [4.69, 9.17) is 0 Å². The van der Waals surface area contributed by atoms with Crippen LogP contribution in [0.5, 0.6) is 0 Å². The SMILES string of the molecule is CCNC(=O)C(C)N(Cc1cccc(Br)c1)C(=O)CN(c1cccc(Br)c1)S(=O)(=O)c1ccccc1. The molecule has 0 aliphatic heterocycles. The number of likely N-dealkylation sites (N-methyl/N-ethyl adjacent to an activating group) is 1. The zero-order valence-electron chi connectivity index (χ0n) is 19.9. The molecule has 36 heavy (non-hydrogen) atoms. The molecule has 0 aromatic heterocycles. The average molecular weight is 637 g/mol. The van der Waals surface area contributed by atoms with Crippen LogP contribution < -0.4 is 9.62 Å². The van der Waals surface area contributed by atoms with Crippen LogP contribution in [0.1, 0.15) is 19.4 Å². The Bertz CT molecular complexity index is 1320. The Labute approximate surface area is 228 Å². The zero-order valence-corrected chi connectivity index (χ0v) is 23.9. The minimum absolute atomic E-state index is 0.0630. The number of carbonyl (C=O) groups is 2. The highest BCUT2D eigenvalue weighted by atomic mass is 79.9. The van der Waals surface area contributed by atoms with Gasteiger partial charge < -0.3 is 10.2 Å². The molecule has 0 aliphatic carbocycles. The van der Waals surface area contributed by atoms with E-state index in [2.05, 4.69) is 37.2 Å². The minimum atomic E-state index is -4.08. The Balaban J connectivity index is 2.02. The van der Waals surface area contributed by atoms with Crippen LogP contribution in [-0.2, 0) is 26.2 Å². The number of rotatable bonds is 10. The summed E-state index contributed by atoms with van der Waals surface area (Å²) >= 11 is 6.82. The highest BCUT2D eigenvalue weighted by Crippen LogP contribution is 2.27. The van der Waals surface area contributed by atoms with E-state index in [0.29, 0.717) is 16.7 Å². The third-order valence-electron chi connectivity index (χ3n) is 5.47. The fourth-order valence-electron chi connectivity index (χ4n) is 3.62. The third-order valence-corrected chi connectivity index (χ3v) is 8.24. The fourth-order valence-corrected chi connectivity index (χ4v) is 5.88. The van der Waals surface area contributed by atoms with Crippen molar-refractivity contribution in [3.8, 4) is 0 Å². The molecule has 1 atom stereocenters. The van der Waals surface area contributed by atoms with Crippen LogP contribution in [-0.4, -0.2) is 44.3 Å². The van der Waals surface area contributed by atoms with Gasteiger partial charge in [0, 0.05) is 22.0 Å². The van der Waals surface area contributed by atoms with Crippen molar-refractivity contribution in [3.63, 3.8) is 0 Å². The van der Waals surface area contributed by atoms with Crippen molar-refractivity contribution in [3.05, 3.63) is 93.4 Å². The molecule has 10 heteroatoms. The molecule has 0 saturated carbocycles. The number of nitrogens with one attached hydrogen (secondary N) is 1. The lowest BCUT2D eigenvalue weighted by molar-refractivity contribution is -0.139. The lowest BCUT2D eigenvalue weighted by atomic mass is 10.1. The number of hydrogen-bond donors (Lipinski definition) is 1. The molecule has 3 rings (SSSR count).